The Labute approximate surface area is 231 Å². The molecule has 1 N–H and O–H groups in total. The summed E-state index contributed by atoms with van der Waals surface area (Å²) in [5.74, 6) is -0.662. The van der Waals surface area contributed by atoms with E-state index in [1.54, 1.807) is 18.7 Å². The van der Waals surface area contributed by atoms with Crippen molar-refractivity contribution in [3.05, 3.63) is 65.0 Å². The molecule has 2 aromatic heterocycles. The minimum absolute atomic E-state index is 0.00580. The normalized spacial score (nSPS) is 19.0. The van der Waals surface area contributed by atoms with Crippen molar-refractivity contribution in [3.63, 3.8) is 0 Å². The van der Waals surface area contributed by atoms with Crippen LogP contribution in [0.5, 0.6) is 6.01 Å². The average Bonchev–Trinajstić information content (AvgIpc) is 3.11. The van der Waals surface area contributed by atoms with Crippen molar-refractivity contribution in [2.24, 2.45) is 0 Å². The standard InChI is InChI=1S/C27H27F6N5O3/c1-25(2)40-15-18(41-25)14-39-24-36-21-10-13-38(23-20(27(31,32)33)4-3-11-34-23)12-9-19(21)22(37-24)35-17-7-5-16(6-8-17)26(28,29)30/h3-8,11,18H,9-10,12-15H2,1-2H3,(H,35,36,37). The van der Waals surface area contributed by atoms with E-state index in [0.717, 1.165) is 18.2 Å². The first-order valence-corrected chi connectivity index (χ1v) is 12.8. The van der Waals surface area contributed by atoms with E-state index in [9.17, 15) is 26.3 Å². The van der Waals surface area contributed by atoms with Crippen LogP contribution < -0.4 is 15.0 Å². The smallest absolute Gasteiger partial charge is 0.419 e. The zero-order valence-corrected chi connectivity index (χ0v) is 22.1. The van der Waals surface area contributed by atoms with Crippen molar-refractivity contribution in [1.82, 2.24) is 15.0 Å². The second-order valence-corrected chi connectivity index (χ2v) is 10.1. The minimum atomic E-state index is -4.58. The van der Waals surface area contributed by atoms with E-state index < -0.39 is 29.3 Å². The molecule has 14 heteroatoms. The van der Waals surface area contributed by atoms with E-state index in [2.05, 4.69) is 20.3 Å². The highest BCUT2D eigenvalue weighted by atomic mass is 19.4. The van der Waals surface area contributed by atoms with Crippen molar-refractivity contribution < 1.29 is 40.6 Å². The van der Waals surface area contributed by atoms with Crippen LogP contribution in [0.1, 0.15) is 36.2 Å². The van der Waals surface area contributed by atoms with Gasteiger partial charge in [0.2, 0.25) is 0 Å². The number of nitrogens with one attached hydrogen (secondary N) is 1. The molecule has 5 rings (SSSR count). The molecule has 0 radical (unpaired) electrons. The summed E-state index contributed by atoms with van der Waals surface area (Å²) in [6, 6.07) is 6.65. The van der Waals surface area contributed by atoms with Gasteiger partial charge in [-0.3, -0.25) is 0 Å². The molecule has 1 atom stereocenters. The van der Waals surface area contributed by atoms with Crippen molar-refractivity contribution in [2.75, 3.05) is 36.5 Å². The van der Waals surface area contributed by atoms with Crippen molar-refractivity contribution in [3.8, 4) is 6.01 Å². The third-order valence-corrected chi connectivity index (χ3v) is 6.65. The number of nitrogens with zero attached hydrogens (tertiary/aromatic N) is 4. The molecule has 1 saturated heterocycles. The van der Waals surface area contributed by atoms with Crippen LogP contribution in [0.3, 0.4) is 0 Å². The first kappa shape index (κ1) is 28.9. The molecule has 3 aromatic rings. The van der Waals surface area contributed by atoms with Crippen LogP contribution in [0, 0.1) is 0 Å². The van der Waals surface area contributed by atoms with Crippen LogP contribution in [0.15, 0.2) is 42.6 Å². The van der Waals surface area contributed by atoms with Crippen LogP contribution in [0.4, 0.5) is 43.7 Å². The number of ether oxygens (including phenoxy) is 3. The molecule has 1 unspecified atom stereocenters. The molecule has 0 saturated carbocycles. The number of hydrogen-bond acceptors (Lipinski definition) is 8. The van der Waals surface area contributed by atoms with Gasteiger partial charge in [0.25, 0.3) is 0 Å². The maximum absolute atomic E-state index is 13.7. The Morgan fingerprint density at radius 3 is 2.39 bits per heavy atom. The molecule has 220 valence electrons. The van der Waals surface area contributed by atoms with Gasteiger partial charge in [0, 0.05) is 37.0 Å². The van der Waals surface area contributed by atoms with E-state index in [1.807, 2.05) is 0 Å². The van der Waals surface area contributed by atoms with Crippen molar-refractivity contribution in [2.45, 2.75) is 50.9 Å². The number of alkyl halides is 6. The molecule has 41 heavy (non-hydrogen) atoms. The lowest BCUT2D eigenvalue weighted by Crippen LogP contribution is -2.29. The molecule has 4 heterocycles. The summed E-state index contributed by atoms with van der Waals surface area (Å²) < 4.78 is 97.3. The number of halogens is 6. The van der Waals surface area contributed by atoms with Gasteiger partial charge in [0.1, 0.15) is 24.3 Å². The van der Waals surface area contributed by atoms with Crippen LogP contribution >= 0.6 is 0 Å². The zero-order valence-electron chi connectivity index (χ0n) is 22.1. The fourth-order valence-electron chi connectivity index (χ4n) is 4.72. The summed E-state index contributed by atoms with van der Waals surface area (Å²) in [6.45, 7) is 4.30. The lowest BCUT2D eigenvalue weighted by atomic mass is 10.1. The summed E-state index contributed by atoms with van der Waals surface area (Å²) >= 11 is 0. The van der Waals surface area contributed by atoms with Gasteiger partial charge in [-0.2, -0.15) is 36.3 Å². The van der Waals surface area contributed by atoms with Gasteiger partial charge < -0.3 is 24.4 Å². The summed E-state index contributed by atoms with van der Waals surface area (Å²) in [7, 11) is 0. The molecule has 2 aliphatic heterocycles. The largest absolute Gasteiger partial charge is 0.461 e. The van der Waals surface area contributed by atoms with E-state index in [1.165, 1.54) is 24.4 Å². The minimum Gasteiger partial charge on any atom is -0.461 e. The van der Waals surface area contributed by atoms with Gasteiger partial charge in [-0.1, -0.05) is 0 Å². The Morgan fingerprint density at radius 2 is 1.73 bits per heavy atom. The topological polar surface area (TPSA) is 81.6 Å². The Bertz CT molecular complexity index is 1380. The maximum Gasteiger partial charge on any atom is 0.419 e. The van der Waals surface area contributed by atoms with E-state index >= 15 is 0 Å². The molecule has 0 aliphatic carbocycles. The first-order chi connectivity index (χ1) is 19.3. The van der Waals surface area contributed by atoms with Crippen LogP contribution in [0.25, 0.3) is 0 Å². The number of anilines is 3. The first-order valence-electron chi connectivity index (χ1n) is 12.8. The number of aromatic nitrogens is 3. The lowest BCUT2D eigenvalue weighted by molar-refractivity contribution is -0.141. The SMILES string of the molecule is CC1(C)OCC(COc2nc3c(c(Nc4ccc(C(F)(F)F)cc4)n2)CCN(c2ncccc2C(F)(F)F)CC3)O1. The number of fused-ring (bicyclic) bond motifs is 1. The summed E-state index contributed by atoms with van der Waals surface area (Å²) in [5, 5.41) is 3.04. The maximum atomic E-state index is 13.7. The molecule has 1 aromatic carbocycles. The predicted octanol–water partition coefficient (Wildman–Crippen LogP) is 5.79. The fourth-order valence-corrected chi connectivity index (χ4v) is 4.72. The monoisotopic (exact) mass is 583 g/mol. The molecule has 8 nitrogen and oxygen atoms in total. The van der Waals surface area contributed by atoms with E-state index in [-0.39, 0.29) is 56.3 Å². The van der Waals surface area contributed by atoms with Crippen molar-refractivity contribution in [1.29, 1.82) is 0 Å². The fraction of sp³-hybridized carbons (Fsp3) is 0.444. The molecule has 0 spiro atoms. The average molecular weight is 584 g/mol. The van der Waals surface area contributed by atoms with Gasteiger partial charge in [-0.05, 0) is 56.7 Å². The van der Waals surface area contributed by atoms with E-state index in [4.69, 9.17) is 14.2 Å². The number of hydrogen-bond donors (Lipinski definition) is 1. The predicted molar refractivity (Wildman–Crippen MR) is 136 cm³/mol. The highest BCUT2D eigenvalue weighted by molar-refractivity contribution is 5.62. The van der Waals surface area contributed by atoms with Crippen LogP contribution in [0.2, 0.25) is 0 Å². The van der Waals surface area contributed by atoms with Gasteiger partial charge in [-0.25, -0.2) is 4.98 Å². The Balaban J connectivity index is 1.43. The zero-order chi connectivity index (χ0) is 29.4. The Kier molecular flexibility index (Phi) is 7.72. The number of benzene rings is 1. The van der Waals surface area contributed by atoms with Gasteiger partial charge in [-0.15, -0.1) is 0 Å². The van der Waals surface area contributed by atoms with Crippen LogP contribution in [-0.4, -0.2) is 53.1 Å². The quantitative estimate of drug-likeness (QED) is 0.366. The third kappa shape index (κ3) is 6.81. The second-order valence-electron chi connectivity index (χ2n) is 10.1. The number of rotatable bonds is 6. The van der Waals surface area contributed by atoms with Gasteiger partial charge in [0.05, 0.1) is 23.4 Å². The van der Waals surface area contributed by atoms with E-state index in [0.29, 0.717) is 23.6 Å². The molecule has 0 bridgehead atoms. The second kappa shape index (κ2) is 11.0. The highest BCUT2D eigenvalue weighted by Gasteiger charge is 2.37. The molecule has 2 aliphatic rings. The molecule has 0 amide bonds. The van der Waals surface area contributed by atoms with Gasteiger partial charge >= 0.3 is 18.4 Å². The Morgan fingerprint density at radius 1 is 1.00 bits per heavy atom. The Hall–Kier alpha value is -3.65. The third-order valence-electron chi connectivity index (χ3n) is 6.65. The van der Waals surface area contributed by atoms with Crippen LogP contribution in [-0.2, 0) is 34.7 Å². The summed E-state index contributed by atoms with van der Waals surface area (Å²) in [5.41, 5.74) is -0.150. The molecule has 1 fully saturated rings. The summed E-state index contributed by atoms with van der Waals surface area (Å²) in [6.07, 6.45) is -7.64. The molecular formula is C27H27F6N5O3. The lowest BCUT2D eigenvalue weighted by Gasteiger charge is -2.24. The van der Waals surface area contributed by atoms with Gasteiger partial charge in [0.15, 0.2) is 5.79 Å². The number of pyridine rings is 1. The van der Waals surface area contributed by atoms with Crippen molar-refractivity contribution >= 4 is 17.3 Å². The highest BCUT2D eigenvalue weighted by Crippen LogP contribution is 2.37. The molecular weight excluding hydrogens is 556 g/mol. The summed E-state index contributed by atoms with van der Waals surface area (Å²) in [4.78, 5) is 14.5.